The molecule has 3 heteroatoms. The van der Waals surface area contributed by atoms with E-state index in [1.807, 2.05) is 11.3 Å². The topological polar surface area (TPSA) is 15.3 Å². The van der Waals surface area contributed by atoms with E-state index in [4.69, 9.17) is 0 Å². The van der Waals surface area contributed by atoms with E-state index in [2.05, 4.69) is 55.7 Å². The molecule has 1 rings (SSSR count). The summed E-state index contributed by atoms with van der Waals surface area (Å²) >= 11 is 1.82. The summed E-state index contributed by atoms with van der Waals surface area (Å²) < 4.78 is 0. The van der Waals surface area contributed by atoms with Gasteiger partial charge in [0.2, 0.25) is 0 Å². The van der Waals surface area contributed by atoms with Crippen LogP contribution in [0.25, 0.3) is 0 Å². The largest absolute Gasteiger partial charge is 0.308 e. The van der Waals surface area contributed by atoms with Crippen LogP contribution in [0, 0.1) is 0 Å². The van der Waals surface area contributed by atoms with Gasteiger partial charge in [0.15, 0.2) is 0 Å². The zero-order chi connectivity index (χ0) is 10.6. The summed E-state index contributed by atoms with van der Waals surface area (Å²) in [5.41, 5.74) is 0. The Balaban J connectivity index is 2.37. The summed E-state index contributed by atoms with van der Waals surface area (Å²) in [6, 6.07) is 5.28. The number of nitrogens with one attached hydrogen (secondary N) is 1. The van der Waals surface area contributed by atoms with Crippen molar-refractivity contribution in [1.29, 1.82) is 0 Å². The van der Waals surface area contributed by atoms with Crippen LogP contribution in [0.2, 0.25) is 0 Å². The molecule has 0 aromatic carbocycles. The van der Waals surface area contributed by atoms with Crippen molar-refractivity contribution in [1.82, 2.24) is 10.2 Å². The van der Waals surface area contributed by atoms with Crippen LogP contribution in [-0.2, 0) is 0 Å². The molecule has 2 nitrogen and oxygen atoms in total. The van der Waals surface area contributed by atoms with Gasteiger partial charge in [-0.1, -0.05) is 6.07 Å². The van der Waals surface area contributed by atoms with Gasteiger partial charge in [-0.3, -0.25) is 0 Å². The molecule has 14 heavy (non-hydrogen) atoms. The van der Waals surface area contributed by atoms with E-state index in [1.165, 1.54) is 4.88 Å². The van der Waals surface area contributed by atoms with Gasteiger partial charge in [0.05, 0.1) is 0 Å². The van der Waals surface area contributed by atoms with Crippen molar-refractivity contribution in [2.24, 2.45) is 0 Å². The van der Waals surface area contributed by atoms with E-state index < -0.39 is 0 Å². The number of hydrogen-bond acceptors (Lipinski definition) is 3. The highest BCUT2D eigenvalue weighted by atomic mass is 32.1. The van der Waals surface area contributed by atoms with E-state index in [1.54, 1.807) is 0 Å². The molecule has 0 spiro atoms. The molecular weight excluding hydrogens is 192 g/mol. The minimum atomic E-state index is 0.463. The van der Waals surface area contributed by atoms with Crippen LogP contribution < -0.4 is 5.32 Å². The minimum absolute atomic E-state index is 0.463. The molecule has 0 saturated heterocycles. The molecule has 0 bridgehead atoms. The highest BCUT2D eigenvalue weighted by molar-refractivity contribution is 7.10. The highest BCUT2D eigenvalue weighted by Gasteiger charge is 2.10. The summed E-state index contributed by atoms with van der Waals surface area (Å²) in [5.74, 6) is 0. The molecular formula is C11H20N2S. The zero-order valence-corrected chi connectivity index (χ0v) is 10.3. The normalized spacial score (nSPS) is 15.8. The molecule has 1 N–H and O–H groups in total. The van der Waals surface area contributed by atoms with Gasteiger partial charge in [-0.15, -0.1) is 11.3 Å². The monoisotopic (exact) mass is 212 g/mol. The second kappa shape index (κ2) is 5.49. The highest BCUT2D eigenvalue weighted by Crippen LogP contribution is 2.18. The molecule has 2 atom stereocenters. The summed E-state index contributed by atoms with van der Waals surface area (Å²) in [6.07, 6.45) is 0. The van der Waals surface area contributed by atoms with Crippen molar-refractivity contribution in [3.8, 4) is 0 Å². The third kappa shape index (κ3) is 3.78. The summed E-state index contributed by atoms with van der Waals surface area (Å²) in [6.45, 7) is 5.53. The fourth-order valence-electron chi connectivity index (χ4n) is 1.65. The maximum Gasteiger partial charge on any atom is 0.0388 e. The average Bonchev–Trinajstić information content (AvgIpc) is 2.53. The maximum atomic E-state index is 3.58. The molecule has 0 aliphatic heterocycles. The molecule has 0 aliphatic rings. The Morgan fingerprint density at radius 1 is 1.43 bits per heavy atom. The van der Waals surface area contributed by atoms with E-state index in [9.17, 15) is 0 Å². The van der Waals surface area contributed by atoms with Crippen LogP contribution in [-0.4, -0.2) is 31.6 Å². The lowest BCUT2D eigenvalue weighted by Gasteiger charge is -2.22. The zero-order valence-electron chi connectivity index (χ0n) is 9.45. The molecule has 1 aromatic heterocycles. The van der Waals surface area contributed by atoms with Crippen molar-refractivity contribution >= 4 is 11.3 Å². The van der Waals surface area contributed by atoms with Crippen molar-refractivity contribution < 1.29 is 0 Å². The number of nitrogens with zero attached hydrogens (tertiary/aromatic N) is 1. The quantitative estimate of drug-likeness (QED) is 0.806. The Kier molecular flexibility index (Phi) is 4.58. The van der Waals surface area contributed by atoms with Gasteiger partial charge in [-0.25, -0.2) is 0 Å². The first-order chi connectivity index (χ1) is 6.59. The molecule has 1 heterocycles. The Morgan fingerprint density at radius 2 is 2.14 bits per heavy atom. The van der Waals surface area contributed by atoms with E-state index in [0.29, 0.717) is 12.1 Å². The predicted molar refractivity (Wildman–Crippen MR) is 63.9 cm³/mol. The van der Waals surface area contributed by atoms with Gasteiger partial charge in [0, 0.05) is 23.5 Å². The van der Waals surface area contributed by atoms with Crippen LogP contribution >= 0.6 is 11.3 Å². The van der Waals surface area contributed by atoms with Crippen molar-refractivity contribution in [2.45, 2.75) is 25.9 Å². The molecule has 0 aliphatic carbocycles. The van der Waals surface area contributed by atoms with Gasteiger partial charge >= 0.3 is 0 Å². The molecule has 0 amide bonds. The average molecular weight is 212 g/mol. The molecule has 0 radical (unpaired) electrons. The first kappa shape index (κ1) is 11.7. The number of likely N-dealkylation sites (N-methyl/N-ethyl adjacent to an activating group) is 1. The van der Waals surface area contributed by atoms with Crippen LogP contribution in [0.4, 0.5) is 0 Å². The lowest BCUT2D eigenvalue weighted by molar-refractivity contribution is 0.335. The van der Waals surface area contributed by atoms with Gasteiger partial charge in [0.25, 0.3) is 0 Å². The van der Waals surface area contributed by atoms with Crippen molar-refractivity contribution in [3.05, 3.63) is 22.4 Å². The van der Waals surface area contributed by atoms with Gasteiger partial charge in [0.1, 0.15) is 0 Å². The summed E-state index contributed by atoms with van der Waals surface area (Å²) in [5, 5.41) is 5.71. The second-order valence-corrected chi connectivity index (χ2v) is 5.05. The number of thiophene rings is 1. The minimum Gasteiger partial charge on any atom is -0.308 e. The van der Waals surface area contributed by atoms with Crippen molar-refractivity contribution in [3.63, 3.8) is 0 Å². The number of hydrogen-bond donors (Lipinski definition) is 1. The molecule has 1 aromatic rings. The third-order valence-corrected chi connectivity index (χ3v) is 3.20. The van der Waals surface area contributed by atoms with E-state index >= 15 is 0 Å². The van der Waals surface area contributed by atoms with Crippen LogP contribution in [0.1, 0.15) is 24.8 Å². The first-order valence-corrected chi connectivity index (χ1v) is 5.91. The molecule has 0 fully saturated rings. The molecule has 0 saturated carbocycles. The number of rotatable bonds is 5. The fraction of sp³-hybridized carbons (Fsp3) is 0.636. The van der Waals surface area contributed by atoms with Crippen LogP contribution in [0.15, 0.2) is 17.5 Å². The Morgan fingerprint density at radius 3 is 2.64 bits per heavy atom. The lowest BCUT2D eigenvalue weighted by Crippen LogP contribution is -2.36. The first-order valence-electron chi connectivity index (χ1n) is 5.03. The third-order valence-electron chi connectivity index (χ3n) is 2.14. The van der Waals surface area contributed by atoms with Crippen molar-refractivity contribution in [2.75, 3.05) is 20.6 Å². The fourth-order valence-corrected chi connectivity index (χ4v) is 2.39. The van der Waals surface area contributed by atoms with E-state index in [0.717, 1.165) is 6.54 Å². The predicted octanol–water partition coefficient (Wildman–Crippen LogP) is 2.35. The molecule has 80 valence electrons. The maximum absolute atomic E-state index is 3.58. The van der Waals surface area contributed by atoms with Gasteiger partial charge in [-0.05, 0) is 39.4 Å². The van der Waals surface area contributed by atoms with Gasteiger partial charge in [-0.2, -0.15) is 0 Å². The van der Waals surface area contributed by atoms with E-state index in [-0.39, 0.29) is 0 Å². The molecule has 2 unspecified atom stereocenters. The lowest BCUT2D eigenvalue weighted by atomic mass is 10.2. The Hall–Kier alpha value is -0.380. The Labute approximate surface area is 90.9 Å². The SMILES string of the molecule is CC(CN(C)C)NC(C)c1cccs1. The second-order valence-electron chi connectivity index (χ2n) is 4.07. The van der Waals surface area contributed by atoms with Crippen LogP contribution in [0.5, 0.6) is 0 Å². The van der Waals surface area contributed by atoms with Gasteiger partial charge < -0.3 is 10.2 Å². The standard InChI is InChI=1S/C11H20N2S/c1-9(8-13(3)4)12-10(2)11-6-5-7-14-11/h5-7,9-10,12H,8H2,1-4H3. The summed E-state index contributed by atoms with van der Waals surface area (Å²) in [4.78, 5) is 3.62. The summed E-state index contributed by atoms with van der Waals surface area (Å²) in [7, 11) is 4.21. The smallest absolute Gasteiger partial charge is 0.0388 e. The Bertz CT molecular complexity index is 244. The van der Waals surface area contributed by atoms with Crippen LogP contribution in [0.3, 0.4) is 0 Å².